The van der Waals surface area contributed by atoms with Crippen molar-refractivity contribution in [3.8, 4) is 0 Å². The second-order valence-electron chi connectivity index (χ2n) is 5.27. The van der Waals surface area contributed by atoms with Gasteiger partial charge in [0.2, 0.25) is 0 Å². The molecular formula is C14H29NO. The van der Waals surface area contributed by atoms with Crippen LogP contribution in [0.1, 0.15) is 59.3 Å². The molecule has 2 heteroatoms. The summed E-state index contributed by atoms with van der Waals surface area (Å²) >= 11 is 0. The minimum atomic E-state index is 0.545. The van der Waals surface area contributed by atoms with Crippen molar-refractivity contribution >= 4 is 0 Å². The fraction of sp³-hybridized carbons (Fsp3) is 1.00. The Balaban J connectivity index is 2.01. The van der Waals surface area contributed by atoms with Crippen LogP contribution in [0.4, 0.5) is 0 Å². The Bertz CT molecular complexity index is 172. The fourth-order valence-corrected chi connectivity index (χ4v) is 2.60. The zero-order chi connectivity index (χ0) is 11.8. The predicted molar refractivity (Wildman–Crippen MR) is 69.7 cm³/mol. The minimum Gasteiger partial charge on any atom is -0.378 e. The highest BCUT2D eigenvalue weighted by Gasteiger charge is 2.21. The molecule has 3 atom stereocenters. The summed E-state index contributed by atoms with van der Waals surface area (Å²) in [6.07, 6.45) is 8.37. The quantitative estimate of drug-likeness (QED) is 0.673. The van der Waals surface area contributed by atoms with Crippen LogP contribution in [0.5, 0.6) is 0 Å². The topological polar surface area (TPSA) is 21.3 Å². The van der Waals surface area contributed by atoms with Crippen molar-refractivity contribution in [2.24, 2.45) is 5.92 Å². The first-order chi connectivity index (χ1) is 7.74. The van der Waals surface area contributed by atoms with Gasteiger partial charge in [0.05, 0.1) is 6.10 Å². The van der Waals surface area contributed by atoms with Crippen molar-refractivity contribution in [3.63, 3.8) is 0 Å². The number of ether oxygens (including phenoxy) is 1. The Morgan fingerprint density at radius 3 is 2.75 bits per heavy atom. The van der Waals surface area contributed by atoms with Gasteiger partial charge in [0.15, 0.2) is 0 Å². The van der Waals surface area contributed by atoms with Crippen molar-refractivity contribution < 1.29 is 4.74 Å². The third-order valence-electron chi connectivity index (χ3n) is 3.70. The molecule has 96 valence electrons. The van der Waals surface area contributed by atoms with E-state index < -0.39 is 0 Å². The molecule has 2 nitrogen and oxygen atoms in total. The van der Waals surface area contributed by atoms with Crippen molar-refractivity contribution in [3.05, 3.63) is 0 Å². The third-order valence-corrected chi connectivity index (χ3v) is 3.70. The average Bonchev–Trinajstić information content (AvgIpc) is 2.27. The van der Waals surface area contributed by atoms with E-state index in [2.05, 4.69) is 26.1 Å². The molecule has 1 saturated carbocycles. The van der Waals surface area contributed by atoms with Gasteiger partial charge in [-0.25, -0.2) is 0 Å². The number of hydrogen-bond donors (Lipinski definition) is 1. The minimum absolute atomic E-state index is 0.545. The molecule has 0 amide bonds. The van der Waals surface area contributed by atoms with Crippen molar-refractivity contribution in [1.29, 1.82) is 0 Å². The maximum atomic E-state index is 6.00. The summed E-state index contributed by atoms with van der Waals surface area (Å²) in [5.74, 6) is 0.778. The predicted octanol–water partition coefficient (Wildman–Crippen LogP) is 3.36. The van der Waals surface area contributed by atoms with Crippen LogP contribution < -0.4 is 5.32 Å². The summed E-state index contributed by atoms with van der Waals surface area (Å²) in [5.41, 5.74) is 0. The Kier molecular flexibility index (Phi) is 7.06. The number of hydrogen-bond acceptors (Lipinski definition) is 2. The molecule has 1 aliphatic rings. The molecular weight excluding hydrogens is 198 g/mol. The molecule has 0 saturated heterocycles. The van der Waals surface area contributed by atoms with E-state index >= 15 is 0 Å². The molecule has 0 heterocycles. The molecule has 0 spiro atoms. The van der Waals surface area contributed by atoms with Crippen LogP contribution in [0.25, 0.3) is 0 Å². The normalized spacial score (nSPS) is 27.9. The lowest BCUT2D eigenvalue weighted by molar-refractivity contribution is -0.00696. The van der Waals surface area contributed by atoms with E-state index in [1.807, 2.05) is 0 Å². The van der Waals surface area contributed by atoms with Gasteiger partial charge in [0.1, 0.15) is 0 Å². The van der Waals surface area contributed by atoms with Crippen molar-refractivity contribution in [2.45, 2.75) is 71.4 Å². The summed E-state index contributed by atoms with van der Waals surface area (Å²) in [6.45, 7) is 8.78. The summed E-state index contributed by atoms with van der Waals surface area (Å²) in [6, 6.07) is 0.636. The van der Waals surface area contributed by atoms with Gasteiger partial charge < -0.3 is 10.1 Å². The lowest BCUT2D eigenvalue weighted by Crippen LogP contribution is -2.28. The molecule has 1 rings (SSSR count). The Labute approximate surface area is 101 Å². The molecule has 0 aliphatic heterocycles. The summed E-state index contributed by atoms with van der Waals surface area (Å²) in [4.78, 5) is 0. The lowest BCUT2D eigenvalue weighted by Gasteiger charge is -2.28. The first kappa shape index (κ1) is 14.0. The largest absolute Gasteiger partial charge is 0.378 e. The maximum Gasteiger partial charge on any atom is 0.0600 e. The SMILES string of the molecule is CCNC(C)CCCOC1CCCCC1C. The summed E-state index contributed by atoms with van der Waals surface area (Å²) < 4.78 is 6.00. The first-order valence-electron chi connectivity index (χ1n) is 7.09. The Morgan fingerprint density at radius 2 is 2.06 bits per heavy atom. The zero-order valence-electron chi connectivity index (χ0n) is 11.3. The van der Waals surface area contributed by atoms with Crippen molar-refractivity contribution in [2.75, 3.05) is 13.2 Å². The molecule has 3 unspecified atom stereocenters. The highest BCUT2D eigenvalue weighted by Crippen LogP contribution is 2.26. The third kappa shape index (κ3) is 5.31. The van der Waals surface area contributed by atoms with Gasteiger partial charge in [0.25, 0.3) is 0 Å². The van der Waals surface area contributed by atoms with Gasteiger partial charge in [-0.3, -0.25) is 0 Å². The molecule has 1 fully saturated rings. The molecule has 0 aromatic rings. The van der Waals surface area contributed by atoms with E-state index in [1.54, 1.807) is 0 Å². The smallest absolute Gasteiger partial charge is 0.0600 e. The van der Waals surface area contributed by atoms with Gasteiger partial charge in [-0.15, -0.1) is 0 Å². The van der Waals surface area contributed by atoms with E-state index in [0.717, 1.165) is 19.1 Å². The molecule has 16 heavy (non-hydrogen) atoms. The maximum absolute atomic E-state index is 6.00. The molecule has 1 N–H and O–H groups in total. The van der Waals surface area contributed by atoms with E-state index in [4.69, 9.17) is 4.74 Å². The zero-order valence-corrected chi connectivity index (χ0v) is 11.3. The van der Waals surface area contributed by atoms with Crippen molar-refractivity contribution in [1.82, 2.24) is 5.32 Å². The van der Waals surface area contributed by atoms with Crippen LogP contribution in [0.3, 0.4) is 0 Å². The average molecular weight is 227 g/mol. The molecule has 0 aromatic carbocycles. The summed E-state index contributed by atoms with van der Waals surface area (Å²) in [5, 5.41) is 3.44. The van der Waals surface area contributed by atoms with E-state index in [9.17, 15) is 0 Å². The molecule has 0 aromatic heterocycles. The van der Waals surface area contributed by atoms with Crippen LogP contribution in [0.2, 0.25) is 0 Å². The number of nitrogens with one attached hydrogen (secondary N) is 1. The van der Waals surface area contributed by atoms with Gasteiger partial charge in [-0.2, -0.15) is 0 Å². The molecule has 1 aliphatic carbocycles. The summed E-state index contributed by atoms with van der Waals surface area (Å²) in [7, 11) is 0. The highest BCUT2D eigenvalue weighted by molar-refractivity contribution is 4.72. The van der Waals surface area contributed by atoms with Crippen LogP contribution in [-0.4, -0.2) is 25.3 Å². The molecule has 0 radical (unpaired) electrons. The van der Waals surface area contributed by atoms with E-state index in [1.165, 1.54) is 38.5 Å². The Morgan fingerprint density at radius 1 is 1.31 bits per heavy atom. The van der Waals surface area contributed by atoms with Crippen LogP contribution in [-0.2, 0) is 4.74 Å². The Hall–Kier alpha value is -0.0800. The van der Waals surface area contributed by atoms with Gasteiger partial charge in [-0.05, 0) is 45.1 Å². The van der Waals surface area contributed by atoms with Crippen LogP contribution >= 0.6 is 0 Å². The van der Waals surface area contributed by atoms with E-state index in [-0.39, 0.29) is 0 Å². The van der Waals surface area contributed by atoms with Crippen LogP contribution in [0.15, 0.2) is 0 Å². The van der Waals surface area contributed by atoms with E-state index in [0.29, 0.717) is 12.1 Å². The van der Waals surface area contributed by atoms with Gasteiger partial charge in [0, 0.05) is 12.6 Å². The first-order valence-corrected chi connectivity index (χ1v) is 7.09. The highest BCUT2D eigenvalue weighted by atomic mass is 16.5. The monoisotopic (exact) mass is 227 g/mol. The van der Waals surface area contributed by atoms with Gasteiger partial charge in [-0.1, -0.05) is 26.7 Å². The fourth-order valence-electron chi connectivity index (χ4n) is 2.60. The second kappa shape index (κ2) is 8.08. The molecule has 0 bridgehead atoms. The number of rotatable bonds is 7. The van der Waals surface area contributed by atoms with Gasteiger partial charge >= 0.3 is 0 Å². The van der Waals surface area contributed by atoms with Crippen LogP contribution in [0, 0.1) is 5.92 Å². The standard InChI is InChI=1S/C14H29NO/c1-4-15-13(3)9-7-11-16-14-10-6-5-8-12(14)2/h12-15H,4-11H2,1-3H3. The lowest BCUT2D eigenvalue weighted by atomic mass is 9.88. The second-order valence-corrected chi connectivity index (χ2v) is 5.27.